The van der Waals surface area contributed by atoms with Crippen LogP contribution in [0.2, 0.25) is 0 Å². The van der Waals surface area contributed by atoms with Gasteiger partial charge in [-0.1, -0.05) is 12.1 Å². The molecule has 2 aromatic carbocycles. The first-order chi connectivity index (χ1) is 12.0. The van der Waals surface area contributed by atoms with Crippen molar-refractivity contribution < 1.29 is 18.3 Å². The van der Waals surface area contributed by atoms with Crippen molar-refractivity contribution in [1.29, 1.82) is 0 Å². The molecule has 1 amide bonds. The fourth-order valence-electron chi connectivity index (χ4n) is 3.04. The summed E-state index contributed by atoms with van der Waals surface area (Å²) in [5, 5.41) is 2.98. The fourth-order valence-corrected chi connectivity index (χ4v) is 3.04. The third kappa shape index (κ3) is 4.26. The molecule has 132 valence electrons. The largest absolute Gasteiger partial charge is 0.497 e. The van der Waals surface area contributed by atoms with Gasteiger partial charge in [0.1, 0.15) is 17.4 Å². The smallest absolute Gasteiger partial charge is 0.224 e. The van der Waals surface area contributed by atoms with Gasteiger partial charge in [-0.05, 0) is 36.2 Å². The number of carbonyl (C=O) groups excluding carboxylic acids is 1. The average molecular weight is 346 g/mol. The molecule has 3 rings (SSSR count). The highest BCUT2D eigenvalue weighted by Crippen LogP contribution is 2.24. The lowest BCUT2D eigenvalue weighted by atomic mass is 10.1. The normalized spacial score (nSPS) is 16.8. The van der Waals surface area contributed by atoms with Gasteiger partial charge in [0, 0.05) is 25.2 Å². The molecular formula is C19H20F2N2O2. The highest BCUT2D eigenvalue weighted by atomic mass is 19.1. The van der Waals surface area contributed by atoms with Gasteiger partial charge < -0.3 is 15.0 Å². The van der Waals surface area contributed by atoms with E-state index in [2.05, 4.69) is 5.32 Å². The Morgan fingerprint density at radius 2 is 2.00 bits per heavy atom. The van der Waals surface area contributed by atoms with Crippen LogP contribution in [0, 0.1) is 11.6 Å². The van der Waals surface area contributed by atoms with Gasteiger partial charge in [-0.2, -0.15) is 0 Å². The minimum Gasteiger partial charge on any atom is -0.497 e. The summed E-state index contributed by atoms with van der Waals surface area (Å²) in [5.74, 6) is -0.497. The molecule has 6 heteroatoms. The molecule has 1 aliphatic heterocycles. The maximum absolute atomic E-state index is 13.9. The van der Waals surface area contributed by atoms with Crippen molar-refractivity contribution >= 4 is 11.6 Å². The topological polar surface area (TPSA) is 41.6 Å². The summed E-state index contributed by atoms with van der Waals surface area (Å²) in [5.41, 5.74) is 1.27. The Kier molecular flexibility index (Phi) is 5.16. The number of hydrogen-bond acceptors (Lipinski definition) is 3. The van der Waals surface area contributed by atoms with Crippen LogP contribution in [-0.2, 0) is 11.2 Å². The summed E-state index contributed by atoms with van der Waals surface area (Å²) in [6.45, 7) is 1.13. The van der Waals surface area contributed by atoms with Crippen LogP contribution in [0.3, 0.4) is 0 Å². The van der Waals surface area contributed by atoms with Crippen molar-refractivity contribution in [2.24, 2.45) is 0 Å². The van der Waals surface area contributed by atoms with E-state index in [0.29, 0.717) is 18.8 Å². The lowest BCUT2D eigenvalue weighted by Gasteiger charge is -2.19. The molecule has 2 aromatic rings. The molecule has 0 bridgehead atoms. The molecule has 0 spiro atoms. The lowest BCUT2D eigenvalue weighted by Crippen LogP contribution is -2.38. The number of methoxy groups -OCH3 is 1. The number of nitrogens with zero attached hydrogens (tertiary/aromatic N) is 1. The number of amides is 1. The number of benzene rings is 2. The van der Waals surface area contributed by atoms with Gasteiger partial charge in [0.25, 0.3) is 0 Å². The predicted octanol–water partition coefficient (Wildman–Crippen LogP) is 2.91. The monoisotopic (exact) mass is 346 g/mol. The van der Waals surface area contributed by atoms with E-state index in [1.54, 1.807) is 7.11 Å². The standard InChI is InChI=1S/C19H20F2N2O2/c1-25-16-5-2-13(3-6-16)10-19(24)22-15-8-9-23(12-15)18-7-4-14(20)11-17(18)21/h2-7,11,15H,8-10,12H2,1H3,(H,22,24). The zero-order valence-electron chi connectivity index (χ0n) is 14.0. The van der Waals surface area contributed by atoms with E-state index in [9.17, 15) is 13.6 Å². The van der Waals surface area contributed by atoms with Crippen molar-refractivity contribution in [3.8, 4) is 5.75 Å². The molecule has 0 radical (unpaired) electrons. The minimum absolute atomic E-state index is 0.0461. The first kappa shape index (κ1) is 17.2. The van der Waals surface area contributed by atoms with Gasteiger partial charge in [-0.15, -0.1) is 0 Å². The summed E-state index contributed by atoms with van der Waals surface area (Å²) in [6.07, 6.45) is 1.01. The molecule has 1 saturated heterocycles. The van der Waals surface area contributed by atoms with Gasteiger partial charge in [-0.25, -0.2) is 8.78 Å². The number of halogens is 2. The van der Waals surface area contributed by atoms with Crippen LogP contribution < -0.4 is 15.0 Å². The van der Waals surface area contributed by atoms with E-state index in [1.807, 2.05) is 29.2 Å². The fraction of sp³-hybridized carbons (Fsp3) is 0.316. The number of nitrogens with one attached hydrogen (secondary N) is 1. The summed E-state index contributed by atoms with van der Waals surface area (Å²) >= 11 is 0. The molecule has 1 N–H and O–H groups in total. The van der Waals surface area contributed by atoms with Crippen molar-refractivity contribution in [3.63, 3.8) is 0 Å². The molecule has 0 aromatic heterocycles. The van der Waals surface area contributed by atoms with Crippen molar-refractivity contribution in [2.45, 2.75) is 18.9 Å². The second-order valence-electron chi connectivity index (χ2n) is 6.12. The molecular weight excluding hydrogens is 326 g/mol. The predicted molar refractivity (Wildman–Crippen MR) is 91.8 cm³/mol. The van der Waals surface area contributed by atoms with Gasteiger partial charge >= 0.3 is 0 Å². The van der Waals surface area contributed by atoms with E-state index in [4.69, 9.17) is 4.74 Å². The lowest BCUT2D eigenvalue weighted by molar-refractivity contribution is -0.121. The Hall–Kier alpha value is -2.63. The van der Waals surface area contributed by atoms with E-state index in [1.165, 1.54) is 12.1 Å². The number of hydrogen-bond donors (Lipinski definition) is 1. The molecule has 0 aliphatic carbocycles. The zero-order valence-corrected chi connectivity index (χ0v) is 14.0. The Morgan fingerprint density at radius 1 is 1.24 bits per heavy atom. The second-order valence-corrected chi connectivity index (χ2v) is 6.12. The molecule has 1 heterocycles. The molecule has 1 atom stereocenters. The number of ether oxygens (including phenoxy) is 1. The maximum atomic E-state index is 13.9. The van der Waals surface area contributed by atoms with Crippen molar-refractivity contribution in [3.05, 3.63) is 59.7 Å². The summed E-state index contributed by atoms with van der Waals surface area (Å²) < 4.78 is 32.0. The molecule has 1 unspecified atom stereocenters. The first-order valence-corrected chi connectivity index (χ1v) is 8.17. The van der Waals surface area contributed by atoms with Gasteiger partial charge in [0.05, 0.1) is 19.2 Å². The van der Waals surface area contributed by atoms with Crippen molar-refractivity contribution in [1.82, 2.24) is 5.32 Å². The summed E-state index contributed by atoms with van der Waals surface area (Å²) in [4.78, 5) is 14.0. The third-order valence-corrected chi connectivity index (χ3v) is 4.33. The quantitative estimate of drug-likeness (QED) is 0.905. The van der Waals surface area contributed by atoms with E-state index in [0.717, 1.165) is 23.8 Å². The van der Waals surface area contributed by atoms with Crippen LogP contribution in [-0.4, -0.2) is 32.1 Å². The van der Waals surface area contributed by atoms with Crippen LogP contribution in [0.25, 0.3) is 0 Å². The number of anilines is 1. The molecule has 1 aliphatic rings. The van der Waals surface area contributed by atoms with E-state index >= 15 is 0 Å². The molecule has 0 saturated carbocycles. The molecule has 4 nitrogen and oxygen atoms in total. The maximum Gasteiger partial charge on any atom is 0.224 e. The first-order valence-electron chi connectivity index (χ1n) is 8.17. The zero-order chi connectivity index (χ0) is 17.8. The Morgan fingerprint density at radius 3 is 2.68 bits per heavy atom. The summed E-state index contributed by atoms with van der Waals surface area (Å²) in [7, 11) is 1.59. The number of carbonyl (C=O) groups is 1. The molecule has 25 heavy (non-hydrogen) atoms. The average Bonchev–Trinajstić information content (AvgIpc) is 3.03. The highest BCUT2D eigenvalue weighted by Gasteiger charge is 2.25. The van der Waals surface area contributed by atoms with Crippen LogP contribution >= 0.6 is 0 Å². The van der Waals surface area contributed by atoms with Crippen LogP contribution in [0.15, 0.2) is 42.5 Å². The van der Waals surface area contributed by atoms with Crippen LogP contribution in [0.4, 0.5) is 14.5 Å². The third-order valence-electron chi connectivity index (χ3n) is 4.33. The minimum atomic E-state index is -0.593. The summed E-state index contributed by atoms with van der Waals surface area (Å²) in [6, 6.07) is 10.9. The van der Waals surface area contributed by atoms with E-state index < -0.39 is 11.6 Å². The molecule has 1 fully saturated rings. The Labute approximate surface area is 145 Å². The van der Waals surface area contributed by atoms with Gasteiger partial charge in [0.2, 0.25) is 5.91 Å². The van der Waals surface area contributed by atoms with Crippen molar-refractivity contribution in [2.75, 3.05) is 25.1 Å². The van der Waals surface area contributed by atoms with Gasteiger partial charge in [-0.3, -0.25) is 4.79 Å². The Balaban J connectivity index is 1.54. The van der Waals surface area contributed by atoms with Crippen LogP contribution in [0.5, 0.6) is 5.75 Å². The SMILES string of the molecule is COc1ccc(CC(=O)NC2CCN(c3ccc(F)cc3F)C2)cc1. The van der Waals surface area contributed by atoms with E-state index in [-0.39, 0.29) is 18.4 Å². The highest BCUT2D eigenvalue weighted by molar-refractivity contribution is 5.79. The second kappa shape index (κ2) is 7.51. The van der Waals surface area contributed by atoms with Crippen LogP contribution in [0.1, 0.15) is 12.0 Å². The number of rotatable bonds is 5. The Bertz CT molecular complexity index is 750. The van der Waals surface area contributed by atoms with Gasteiger partial charge in [0.15, 0.2) is 0 Å².